The van der Waals surface area contributed by atoms with Gasteiger partial charge in [0.15, 0.2) is 0 Å². The second kappa shape index (κ2) is 7.58. The van der Waals surface area contributed by atoms with Gasteiger partial charge in [0, 0.05) is 10.6 Å². The Morgan fingerprint density at radius 2 is 2.35 bits per heavy atom. The summed E-state index contributed by atoms with van der Waals surface area (Å²) >= 11 is 7.71. The van der Waals surface area contributed by atoms with Gasteiger partial charge in [0.2, 0.25) is 5.91 Å². The molecule has 1 aromatic rings. The maximum Gasteiger partial charge on any atom is 0.237 e. The van der Waals surface area contributed by atoms with Gasteiger partial charge >= 0.3 is 0 Å². The molecule has 1 saturated heterocycles. The lowest BCUT2D eigenvalue weighted by Gasteiger charge is -2.20. The fraction of sp³-hybridized carbons (Fsp3) is 0.400. The highest BCUT2D eigenvalue weighted by Crippen LogP contribution is 2.27. The Labute approximate surface area is 128 Å². The number of nitrogens with one attached hydrogen (secondary N) is 1. The molecule has 0 bridgehead atoms. The minimum Gasteiger partial charge on any atom is -0.324 e. The molecule has 20 heavy (non-hydrogen) atoms. The summed E-state index contributed by atoms with van der Waals surface area (Å²) in [4.78, 5) is 12.3. The Hall–Kier alpha value is -1.15. The normalized spacial score (nSPS) is 18.0. The van der Waals surface area contributed by atoms with Crippen molar-refractivity contribution in [2.75, 3.05) is 17.6 Å². The number of rotatable bonds is 2. The number of carbonyl (C=O) groups excluding carboxylic acids is 1. The smallest absolute Gasteiger partial charge is 0.237 e. The fourth-order valence-corrected chi connectivity index (χ4v) is 3.41. The SMILES string of the molecule is NCC#Cc1ccc(Cl)cc1NC(=O)C1CCCCS1. The van der Waals surface area contributed by atoms with Crippen LogP contribution in [0.3, 0.4) is 0 Å². The molecule has 3 nitrogen and oxygen atoms in total. The number of nitrogens with two attached hydrogens (primary N) is 1. The largest absolute Gasteiger partial charge is 0.324 e. The van der Waals surface area contributed by atoms with E-state index in [0.717, 1.165) is 24.2 Å². The zero-order valence-corrected chi connectivity index (χ0v) is 12.7. The number of hydrogen-bond acceptors (Lipinski definition) is 3. The van der Waals surface area contributed by atoms with Crippen LogP contribution in [0.25, 0.3) is 0 Å². The third kappa shape index (κ3) is 4.17. The van der Waals surface area contributed by atoms with Crippen LogP contribution in [0.5, 0.6) is 0 Å². The van der Waals surface area contributed by atoms with Crippen LogP contribution in [0, 0.1) is 11.8 Å². The maximum absolute atomic E-state index is 12.3. The molecule has 2 rings (SSSR count). The summed E-state index contributed by atoms with van der Waals surface area (Å²) in [6.45, 7) is 0.286. The summed E-state index contributed by atoms with van der Waals surface area (Å²) in [6.07, 6.45) is 3.24. The minimum atomic E-state index is 0.0260. The van der Waals surface area contributed by atoms with Crippen molar-refractivity contribution in [1.82, 2.24) is 0 Å². The van der Waals surface area contributed by atoms with Gasteiger partial charge in [-0.2, -0.15) is 0 Å². The van der Waals surface area contributed by atoms with E-state index in [1.807, 2.05) is 0 Å². The first-order valence-corrected chi connectivity index (χ1v) is 8.04. The van der Waals surface area contributed by atoms with Crippen LogP contribution in [0.1, 0.15) is 24.8 Å². The van der Waals surface area contributed by atoms with Crippen LogP contribution in [0.4, 0.5) is 5.69 Å². The van der Waals surface area contributed by atoms with Crippen LogP contribution >= 0.6 is 23.4 Å². The standard InChI is InChI=1S/C15H17ClN2OS/c16-12-7-6-11(4-3-8-17)13(10-12)18-15(19)14-5-1-2-9-20-14/h6-7,10,14H,1-2,5,8-9,17H2,(H,18,19). The Morgan fingerprint density at radius 1 is 1.50 bits per heavy atom. The molecule has 1 fully saturated rings. The van der Waals surface area contributed by atoms with Crippen molar-refractivity contribution in [3.63, 3.8) is 0 Å². The highest BCUT2D eigenvalue weighted by molar-refractivity contribution is 8.00. The van der Waals surface area contributed by atoms with E-state index >= 15 is 0 Å². The van der Waals surface area contributed by atoms with Gasteiger partial charge in [0.25, 0.3) is 0 Å². The molecule has 1 aliphatic heterocycles. The summed E-state index contributed by atoms with van der Waals surface area (Å²) in [5.41, 5.74) is 6.79. The molecule has 5 heteroatoms. The highest BCUT2D eigenvalue weighted by Gasteiger charge is 2.22. The van der Waals surface area contributed by atoms with E-state index < -0.39 is 0 Å². The molecular formula is C15H17ClN2OS. The molecule has 0 aromatic heterocycles. The average molecular weight is 309 g/mol. The number of amides is 1. The average Bonchev–Trinajstić information content (AvgIpc) is 2.47. The van der Waals surface area contributed by atoms with Gasteiger partial charge in [0.1, 0.15) is 0 Å². The second-order valence-corrected chi connectivity index (χ2v) is 6.29. The quantitative estimate of drug-likeness (QED) is 0.826. The second-order valence-electron chi connectivity index (χ2n) is 4.54. The van der Waals surface area contributed by atoms with Gasteiger partial charge in [-0.05, 0) is 36.8 Å². The molecule has 0 radical (unpaired) electrons. The Balaban J connectivity index is 2.14. The highest BCUT2D eigenvalue weighted by atomic mass is 35.5. The number of hydrogen-bond donors (Lipinski definition) is 2. The lowest BCUT2D eigenvalue weighted by molar-refractivity contribution is -0.115. The molecule has 1 atom stereocenters. The third-order valence-electron chi connectivity index (χ3n) is 3.04. The van der Waals surface area contributed by atoms with Crippen molar-refractivity contribution in [3.8, 4) is 11.8 Å². The van der Waals surface area contributed by atoms with Crippen molar-refractivity contribution < 1.29 is 4.79 Å². The number of carbonyl (C=O) groups is 1. The Morgan fingerprint density at radius 3 is 3.05 bits per heavy atom. The zero-order chi connectivity index (χ0) is 14.4. The molecule has 0 aliphatic carbocycles. The summed E-state index contributed by atoms with van der Waals surface area (Å²) in [5.74, 6) is 6.83. The van der Waals surface area contributed by atoms with E-state index in [0.29, 0.717) is 10.7 Å². The number of halogens is 1. The van der Waals surface area contributed by atoms with Crippen LogP contribution in [0.2, 0.25) is 5.02 Å². The van der Waals surface area contributed by atoms with Crippen LogP contribution < -0.4 is 11.1 Å². The lowest BCUT2D eigenvalue weighted by Crippen LogP contribution is -2.27. The lowest BCUT2D eigenvalue weighted by atomic mass is 10.1. The van der Waals surface area contributed by atoms with Crippen molar-refractivity contribution in [2.24, 2.45) is 5.73 Å². The summed E-state index contributed by atoms with van der Waals surface area (Å²) in [7, 11) is 0. The van der Waals surface area contributed by atoms with Crippen LogP contribution in [-0.2, 0) is 4.79 Å². The Kier molecular flexibility index (Phi) is 5.78. The predicted octanol–water partition coefficient (Wildman–Crippen LogP) is 2.87. The first-order chi connectivity index (χ1) is 9.70. The fourth-order valence-electron chi connectivity index (χ4n) is 2.04. The van der Waals surface area contributed by atoms with Gasteiger partial charge in [-0.25, -0.2) is 0 Å². The summed E-state index contributed by atoms with van der Waals surface area (Å²) in [5, 5.41) is 3.55. The minimum absolute atomic E-state index is 0.0260. The maximum atomic E-state index is 12.3. The summed E-state index contributed by atoms with van der Waals surface area (Å²) < 4.78 is 0. The molecular weight excluding hydrogens is 292 g/mol. The van der Waals surface area contributed by atoms with Crippen molar-refractivity contribution in [1.29, 1.82) is 0 Å². The van der Waals surface area contributed by atoms with E-state index in [-0.39, 0.29) is 17.7 Å². The first kappa shape index (κ1) is 15.2. The van der Waals surface area contributed by atoms with E-state index in [1.54, 1.807) is 30.0 Å². The molecule has 1 heterocycles. The van der Waals surface area contributed by atoms with Gasteiger partial charge < -0.3 is 11.1 Å². The molecule has 1 amide bonds. The van der Waals surface area contributed by atoms with E-state index in [9.17, 15) is 4.79 Å². The van der Waals surface area contributed by atoms with Crippen molar-refractivity contribution in [3.05, 3.63) is 28.8 Å². The summed E-state index contributed by atoms with van der Waals surface area (Å²) in [6, 6.07) is 5.29. The van der Waals surface area contributed by atoms with E-state index in [4.69, 9.17) is 17.3 Å². The number of thioether (sulfide) groups is 1. The van der Waals surface area contributed by atoms with Crippen molar-refractivity contribution in [2.45, 2.75) is 24.5 Å². The molecule has 1 aliphatic rings. The number of benzene rings is 1. The topological polar surface area (TPSA) is 55.1 Å². The molecule has 0 spiro atoms. The van der Waals surface area contributed by atoms with Gasteiger partial charge in [0.05, 0.1) is 17.5 Å². The van der Waals surface area contributed by atoms with Crippen LogP contribution in [0.15, 0.2) is 18.2 Å². The Bertz CT molecular complexity index is 545. The molecule has 1 unspecified atom stereocenters. The first-order valence-electron chi connectivity index (χ1n) is 6.61. The van der Waals surface area contributed by atoms with Gasteiger partial charge in [-0.15, -0.1) is 11.8 Å². The third-order valence-corrected chi connectivity index (χ3v) is 4.65. The molecule has 1 aromatic carbocycles. The van der Waals surface area contributed by atoms with Crippen molar-refractivity contribution >= 4 is 35.0 Å². The zero-order valence-electron chi connectivity index (χ0n) is 11.1. The van der Waals surface area contributed by atoms with E-state index in [2.05, 4.69) is 17.2 Å². The molecule has 106 valence electrons. The van der Waals surface area contributed by atoms with Crippen LogP contribution in [-0.4, -0.2) is 23.5 Å². The van der Waals surface area contributed by atoms with Gasteiger partial charge in [-0.3, -0.25) is 4.79 Å². The van der Waals surface area contributed by atoms with Gasteiger partial charge in [-0.1, -0.05) is 29.9 Å². The molecule has 3 N–H and O–H groups in total. The number of anilines is 1. The molecule has 0 saturated carbocycles. The predicted molar refractivity (Wildman–Crippen MR) is 86.1 cm³/mol. The van der Waals surface area contributed by atoms with E-state index in [1.165, 1.54) is 6.42 Å². The monoisotopic (exact) mass is 308 g/mol.